The van der Waals surface area contributed by atoms with Gasteiger partial charge in [0.25, 0.3) is 0 Å². The normalized spacial score (nSPS) is 13.8. The van der Waals surface area contributed by atoms with Crippen molar-refractivity contribution in [3.8, 4) is 0 Å². The van der Waals surface area contributed by atoms with E-state index in [1.54, 1.807) is 0 Å². The number of carbonyl (C=O) groups is 3. The Labute approximate surface area is 292 Å². The van der Waals surface area contributed by atoms with Crippen LogP contribution in [0, 0.1) is 5.41 Å². The third-order valence-electron chi connectivity index (χ3n) is 5.21. The smallest absolute Gasteiger partial charge is 0.185 e. The lowest BCUT2D eigenvalue weighted by molar-refractivity contribution is -0.870. The topological polar surface area (TPSA) is 361 Å². The first-order valence-corrected chi connectivity index (χ1v) is 15.4. The van der Waals surface area contributed by atoms with Gasteiger partial charge in [0.2, 0.25) is 0 Å². The molecule has 0 radical (unpaired) electrons. The minimum atomic E-state index is -1.43. The van der Waals surface area contributed by atoms with Gasteiger partial charge in [0.1, 0.15) is 19.6 Å². The van der Waals surface area contributed by atoms with E-state index in [0.717, 1.165) is 33.1 Å². The summed E-state index contributed by atoms with van der Waals surface area (Å²) in [5.74, 6) is -4.24. The molecule has 0 aliphatic heterocycles. The van der Waals surface area contributed by atoms with Gasteiger partial charge < -0.3 is 96.9 Å². The number of rotatable bonds is 15. The summed E-state index contributed by atoms with van der Waals surface area (Å²) in [5.41, 5.74) is 19.8. The maximum Gasteiger partial charge on any atom is 0.185 e. The van der Waals surface area contributed by atoms with E-state index < -0.39 is 48.2 Å². The molecule has 0 aliphatic rings. The maximum absolute atomic E-state index is 10.1. The van der Waals surface area contributed by atoms with Gasteiger partial charge in [-0.3, -0.25) is 5.41 Å². The van der Waals surface area contributed by atoms with Crippen LogP contribution in [0.25, 0.3) is 0 Å². The molecule has 0 aromatic rings. The fourth-order valence-electron chi connectivity index (χ4n) is 1.96. The van der Waals surface area contributed by atoms with Crippen LogP contribution in [-0.4, -0.2) is 203 Å². The first-order chi connectivity index (χ1) is 21.8. The van der Waals surface area contributed by atoms with Crippen molar-refractivity contribution >= 4 is 23.9 Å². The van der Waals surface area contributed by atoms with Gasteiger partial charge in [0, 0.05) is 12.6 Å². The minimum absolute atomic E-state index is 0.128. The summed E-state index contributed by atoms with van der Waals surface area (Å²) in [7, 11) is 18.5. The molecule has 0 aromatic heterocycles. The van der Waals surface area contributed by atoms with Crippen molar-refractivity contribution in [2.24, 2.45) is 22.9 Å². The Bertz CT molecular complexity index is 770. The number of carboxylic acids is 3. The monoisotopic (exact) mass is 722 g/mol. The summed E-state index contributed by atoms with van der Waals surface area (Å²) >= 11 is 0. The summed E-state index contributed by atoms with van der Waals surface area (Å²) in [6.07, 6.45) is -1.21. The average molecular weight is 722 g/mol. The molecule has 0 fully saturated rings. The first-order valence-electron chi connectivity index (χ1n) is 15.4. The molecule has 15 N–H and O–H groups in total. The Morgan fingerprint density at radius 3 is 1.02 bits per heavy atom. The van der Waals surface area contributed by atoms with Crippen molar-refractivity contribution in [3.05, 3.63) is 0 Å². The van der Waals surface area contributed by atoms with Crippen molar-refractivity contribution < 1.29 is 68.7 Å². The predicted octanol–water partition coefficient (Wildman–Crippen LogP) is -8.73. The molecule has 0 rings (SSSR count). The van der Waals surface area contributed by atoms with Crippen LogP contribution in [0.15, 0.2) is 0 Å². The number of hydrogen-bond acceptors (Lipinski definition) is 15. The summed E-state index contributed by atoms with van der Waals surface area (Å²) in [6.45, 7) is 6.38. The fourth-order valence-corrected chi connectivity index (χ4v) is 1.96. The molecule has 0 aliphatic carbocycles. The number of aliphatic hydroxyl groups is 5. The molecule has 0 saturated heterocycles. The zero-order valence-corrected chi connectivity index (χ0v) is 31.6. The van der Waals surface area contributed by atoms with Crippen molar-refractivity contribution in [1.29, 1.82) is 5.41 Å². The van der Waals surface area contributed by atoms with Crippen LogP contribution < -0.4 is 43.6 Å². The largest absolute Gasteiger partial charge is 0.548 e. The van der Waals surface area contributed by atoms with Gasteiger partial charge in [0.15, 0.2) is 5.96 Å². The zero-order chi connectivity index (χ0) is 40.8. The summed E-state index contributed by atoms with van der Waals surface area (Å²) in [6, 6.07) is -3.47. The van der Waals surface area contributed by atoms with E-state index >= 15 is 0 Å². The highest BCUT2D eigenvalue weighted by molar-refractivity contribution is 5.74. The number of likely N-dealkylation sites (N-methyl/N-ethyl adjacent to an activating group) is 3. The second kappa shape index (κ2) is 32.4. The van der Waals surface area contributed by atoms with E-state index in [2.05, 4.69) is 68.7 Å². The number of hydrogen-bond donors (Lipinski definition) is 11. The Morgan fingerprint density at radius 2 is 0.918 bits per heavy atom. The molecule has 0 saturated carbocycles. The number of carboxylic acid groups (broad SMARTS) is 3. The molecule has 0 bridgehead atoms. The fraction of sp³-hybridized carbons (Fsp3) is 0.862. The molecule has 5 atom stereocenters. The van der Waals surface area contributed by atoms with Crippen molar-refractivity contribution in [3.63, 3.8) is 0 Å². The van der Waals surface area contributed by atoms with Gasteiger partial charge in [-0.25, -0.2) is 0 Å². The van der Waals surface area contributed by atoms with Crippen LogP contribution in [-0.2, 0) is 14.4 Å². The zero-order valence-electron chi connectivity index (χ0n) is 31.6. The Kier molecular flexibility index (Phi) is 38.7. The molecule has 49 heavy (non-hydrogen) atoms. The van der Waals surface area contributed by atoms with Gasteiger partial charge in [-0.05, 0) is 26.7 Å². The molecular formula is C29H71N9O11. The number of aliphatic hydroxyl groups excluding tert-OH is 5. The maximum atomic E-state index is 10.1. The second-order valence-electron chi connectivity index (χ2n) is 13.8. The van der Waals surface area contributed by atoms with Crippen LogP contribution in [0.3, 0.4) is 0 Å². The lowest BCUT2D eigenvalue weighted by atomic mass is 10.2. The number of nitrogens with two attached hydrogens (primary N) is 4. The Balaban J connectivity index is -0.000000115. The van der Waals surface area contributed by atoms with Crippen molar-refractivity contribution in [1.82, 2.24) is 5.32 Å². The van der Waals surface area contributed by atoms with Crippen LogP contribution in [0.5, 0.6) is 0 Å². The molecule has 0 heterocycles. The highest BCUT2D eigenvalue weighted by Crippen LogP contribution is 1.91. The molecule has 298 valence electrons. The Hall–Kier alpha value is -2.76. The summed E-state index contributed by atoms with van der Waals surface area (Å²) in [4.78, 5) is 29.6. The summed E-state index contributed by atoms with van der Waals surface area (Å²) in [5, 5.41) is 80.9. The number of carbonyl (C=O) groups excluding carboxylic acids is 3. The highest BCUT2D eigenvalue weighted by Gasteiger charge is 2.09. The molecule has 0 unspecified atom stereocenters. The number of quaternary nitrogens is 3. The van der Waals surface area contributed by atoms with E-state index in [1.807, 2.05) is 0 Å². The van der Waals surface area contributed by atoms with Gasteiger partial charge in [-0.1, -0.05) is 0 Å². The van der Waals surface area contributed by atoms with Crippen LogP contribution in [0.4, 0.5) is 0 Å². The highest BCUT2D eigenvalue weighted by atomic mass is 16.4. The van der Waals surface area contributed by atoms with Gasteiger partial charge in [-0.15, -0.1) is 0 Å². The minimum Gasteiger partial charge on any atom is -0.548 e. The second-order valence-corrected chi connectivity index (χ2v) is 13.8. The SMILES string of the molecule is C[C@@H](O)[C@H](N)C(=O)[O-].C[C@@H](O)[C@H](N)C(=O)[O-].C[N+](C)(C)CCO.C[N+](C)(C)CCO.C[N+](C)(C)CCO.N=C(N)NCCC[C@H](N)C(=O)[O-]. The van der Waals surface area contributed by atoms with Gasteiger partial charge in [0.05, 0.1) is 125 Å². The van der Waals surface area contributed by atoms with Crippen molar-refractivity contribution in [2.75, 3.05) is 109 Å². The number of nitrogens with zero attached hydrogens (tertiary/aromatic N) is 3. The summed E-state index contributed by atoms with van der Waals surface area (Å²) < 4.78 is 2.53. The lowest BCUT2D eigenvalue weighted by Crippen LogP contribution is -2.48. The van der Waals surface area contributed by atoms with Crippen LogP contribution in [0.1, 0.15) is 26.7 Å². The first kappa shape index (κ1) is 58.4. The van der Waals surface area contributed by atoms with Crippen LogP contribution >= 0.6 is 0 Å². The van der Waals surface area contributed by atoms with Crippen LogP contribution in [0.2, 0.25) is 0 Å². The average Bonchev–Trinajstić information content (AvgIpc) is 2.89. The number of guanidine groups is 1. The third kappa shape index (κ3) is 64.4. The predicted molar refractivity (Wildman–Crippen MR) is 181 cm³/mol. The molecule has 0 spiro atoms. The molecule has 0 aromatic carbocycles. The van der Waals surface area contributed by atoms with E-state index in [9.17, 15) is 29.7 Å². The molecule has 20 nitrogen and oxygen atoms in total. The lowest BCUT2D eigenvalue weighted by Gasteiger charge is -2.21. The van der Waals surface area contributed by atoms with Gasteiger partial charge in [-0.2, -0.15) is 0 Å². The quantitative estimate of drug-likeness (QED) is 0.0324. The molecule has 0 amide bonds. The molecule has 20 heteroatoms. The van der Waals surface area contributed by atoms with Gasteiger partial charge >= 0.3 is 0 Å². The van der Waals surface area contributed by atoms with E-state index in [1.165, 1.54) is 13.8 Å². The van der Waals surface area contributed by atoms with E-state index in [4.69, 9.17) is 53.9 Å². The van der Waals surface area contributed by atoms with E-state index in [0.29, 0.717) is 19.4 Å². The number of nitrogens with one attached hydrogen (secondary N) is 2. The number of aliphatic carboxylic acids is 3. The van der Waals surface area contributed by atoms with Crippen molar-refractivity contribution in [2.45, 2.75) is 57.0 Å². The molecular weight excluding hydrogens is 650 g/mol. The van der Waals surface area contributed by atoms with E-state index in [-0.39, 0.29) is 25.8 Å². The Morgan fingerprint density at radius 1 is 0.653 bits per heavy atom. The standard InChI is InChI=1S/C6H14N4O2.3C5H14NO.2C4H9NO3/c7-4(5(11)12)2-1-3-10-6(8)9;3*1-6(2,3)4-5-7;2*1-2(6)3(5)4(7)8/h4H,1-3,7H2,(H,11,12)(H4,8,9,10);3*7H,4-5H2,1-3H3;2*2-3,6H,5H2,1H3,(H,7,8)/q;3*+1;;/p-3/t4-;;;;2*2-,3+/m0...11/s1. The third-order valence-corrected chi connectivity index (χ3v) is 5.21.